The molecule has 0 saturated heterocycles. The van der Waals surface area contributed by atoms with E-state index in [0.717, 1.165) is 6.54 Å². The van der Waals surface area contributed by atoms with Crippen molar-refractivity contribution < 1.29 is 4.79 Å². The van der Waals surface area contributed by atoms with E-state index >= 15 is 0 Å². The fourth-order valence-corrected chi connectivity index (χ4v) is 1.45. The summed E-state index contributed by atoms with van der Waals surface area (Å²) in [7, 11) is 0. The molecule has 1 aromatic heterocycles. The standard InChI is InChI=1S/C12H17N3O/c1-10(2)11(9-13)12(16)14-5-8-15-6-3-4-7-15/h3-4,6-7,10-11H,5,8H2,1-2H3,(H,14,16). The van der Waals surface area contributed by atoms with Crippen LogP contribution in [0, 0.1) is 23.2 Å². The molecular formula is C12H17N3O. The Morgan fingerprint density at radius 1 is 1.44 bits per heavy atom. The van der Waals surface area contributed by atoms with E-state index in [-0.39, 0.29) is 11.8 Å². The summed E-state index contributed by atoms with van der Waals surface area (Å²) >= 11 is 0. The second-order valence-corrected chi connectivity index (χ2v) is 4.06. The summed E-state index contributed by atoms with van der Waals surface area (Å²) in [5.41, 5.74) is 0. The highest BCUT2D eigenvalue weighted by Crippen LogP contribution is 2.08. The summed E-state index contributed by atoms with van der Waals surface area (Å²) in [5.74, 6) is -0.675. The number of carbonyl (C=O) groups is 1. The third-order valence-electron chi connectivity index (χ3n) is 2.42. The quantitative estimate of drug-likeness (QED) is 0.813. The molecule has 1 unspecified atom stereocenters. The van der Waals surface area contributed by atoms with E-state index in [1.54, 1.807) is 0 Å². The van der Waals surface area contributed by atoms with Crippen molar-refractivity contribution in [1.82, 2.24) is 9.88 Å². The van der Waals surface area contributed by atoms with Crippen LogP contribution in [0.15, 0.2) is 24.5 Å². The summed E-state index contributed by atoms with van der Waals surface area (Å²) in [5, 5.41) is 11.6. The smallest absolute Gasteiger partial charge is 0.237 e. The molecule has 0 aliphatic heterocycles. The predicted molar refractivity (Wildman–Crippen MR) is 61.4 cm³/mol. The van der Waals surface area contributed by atoms with E-state index in [1.807, 2.05) is 49.0 Å². The van der Waals surface area contributed by atoms with Crippen molar-refractivity contribution in [3.63, 3.8) is 0 Å². The summed E-state index contributed by atoms with van der Waals surface area (Å²) in [6.45, 7) is 5.03. The molecule has 0 fully saturated rings. The van der Waals surface area contributed by atoms with E-state index < -0.39 is 5.92 Å². The maximum Gasteiger partial charge on any atom is 0.237 e. The van der Waals surface area contributed by atoms with Gasteiger partial charge in [-0.25, -0.2) is 0 Å². The van der Waals surface area contributed by atoms with Crippen molar-refractivity contribution in [2.75, 3.05) is 6.54 Å². The minimum absolute atomic E-state index is 0.0524. The highest BCUT2D eigenvalue weighted by atomic mass is 16.1. The average Bonchev–Trinajstić information content (AvgIpc) is 2.71. The Balaban J connectivity index is 2.33. The van der Waals surface area contributed by atoms with Crippen molar-refractivity contribution in [1.29, 1.82) is 5.26 Å². The molecular weight excluding hydrogens is 202 g/mol. The fraction of sp³-hybridized carbons (Fsp3) is 0.500. The molecule has 0 aliphatic rings. The lowest BCUT2D eigenvalue weighted by Gasteiger charge is -2.13. The predicted octanol–water partition coefficient (Wildman–Crippen LogP) is 1.40. The second kappa shape index (κ2) is 5.96. The van der Waals surface area contributed by atoms with Gasteiger partial charge < -0.3 is 9.88 Å². The summed E-state index contributed by atoms with van der Waals surface area (Å²) in [6.07, 6.45) is 3.88. The van der Waals surface area contributed by atoms with E-state index in [2.05, 4.69) is 5.32 Å². The highest BCUT2D eigenvalue weighted by Gasteiger charge is 2.20. The van der Waals surface area contributed by atoms with Crippen LogP contribution in [0.4, 0.5) is 0 Å². The third-order valence-corrected chi connectivity index (χ3v) is 2.42. The molecule has 1 atom stereocenters. The molecule has 0 aromatic carbocycles. The first-order valence-corrected chi connectivity index (χ1v) is 5.43. The van der Waals surface area contributed by atoms with Crippen LogP contribution in [0.5, 0.6) is 0 Å². The molecule has 0 aliphatic carbocycles. The second-order valence-electron chi connectivity index (χ2n) is 4.06. The minimum atomic E-state index is -0.551. The molecule has 0 bridgehead atoms. The van der Waals surface area contributed by atoms with Crippen LogP contribution in [0.3, 0.4) is 0 Å². The number of nitriles is 1. The van der Waals surface area contributed by atoms with Crippen LogP contribution >= 0.6 is 0 Å². The Hall–Kier alpha value is -1.76. The molecule has 1 N–H and O–H groups in total. The molecule has 0 saturated carbocycles. The number of rotatable bonds is 5. The van der Waals surface area contributed by atoms with Gasteiger partial charge >= 0.3 is 0 Å². The maximum absolute atomic E-state index is 11.6. The lowest BCUT2D eigenvalue weighted by atomic mass is 9.97. The zero-order chi connectivity index (χ0) is 12.0. The first-order chi connectivity index (χ1) is 7.65. The topological polar surface area (TPSA) is 57.8 Å². The van der Waals surface area contributed by atoms with Gasteiger partial charge in [0.1, 0.15) is 5.92 Å². The van der Waals surface area contributed by atoms with Gasteiger partial charge in [-0.1, -0.05) is 13.8 Å². The van der Waals surface area contributed by atoms with Crippen LogP contribution in [0.1, 0.15) is 13.8 Å². The van der Waals surface area contributed by atoms with Crippen molar-refractivity contribution in [3.8, 4) is 6.07 Å². The van der Waals surface area contributed by atoms with Gasteiger partial charge in [0.2, 0.25) is 5.91 Å². The van der Waals surface area contributed by atoms with Crippen molar-refractivity contribution in [3.05, 3.63) is 24.5 Å². The first-order valence-electron chi connectivity index (χ1n) is 5.43. The molecule has 0 radical (unpaired) electrons. The minimum Gasteiger partial charge on any atom is -0.353 e. The van der Waals surface area contributed by atoms with Crippen molar-refractivity contribution in [2.24, 2.45) is 11.8 Å². The molecule has 16 heavy (non-hydrogen) atoms. The third kappa shape index (κ3) is 3.43. The molecule has 86 valence electrons. The SMILES string of the molecule is CC(C)C(C#N)C(=O)NCCn1cccc1. The maximum atomic E-state index is 11.6. The highest BCUT2D eigenvalue weighted by molar-refractivity contribution is 5.81. The van der Waals surface area contributed by atoms with E-state index in [9.17, 15) is 4.79 Å². The molecule has 1 aromatic rings. The number of carbonyl (C=O) groups excluding carboxylic acids is 1. The van der Waals surface area contributed by atoms with E-state index in [0.29, 0.717) is 6.54 Å². The van der Waals surface area contributed by atoms with Crippen LogP contribution in [-0.2, 0) is 11.3 Å². The number of nitrogens with zero attached hydrogens (tertiary/aromatic N) is 2. The number of hydrogen-bond donors (Lipinski definition) is 1. The molecule has 1 heterocycles. The summed E-state index contributed by atoms with van der Waals surface area (Å²) < 4.78 is 1.98. The number of aromatic nitrogens is 1. The van der Waals surface area contributed by atoms with Crippen LogP contribution in [0.2, 0.25) is 0 Å². The van der Waals surface area contributed by atoms with Gasteiger partial charge in [0.05, 0.1) is 6.07 Å². The summed E-state index contributed by atoms with van der Waals surface area (Å²) in [6, 6.07) is 5.90. The van der Waals surface area contributed by atoms with Gasteiger partial charge in [-0.3, -0.25) is 4.79 Å². The van der Waals surface area contributed by atoms with Crippen molar-refractivity contribution >= 4 is 5.91 Å². The van der Waals surface area contributed by atoms with E-state index in [4.69, 9.17) is 5.26 Å². The zero-order valence-electron chi connectivity index (χ0n) is 9.68. The van der Waals surface area contributed by atoms with Gasteiger partial charge in [-0.05, 0) is 18.1 Å². The Bertz CT molecular complexity index is 362. The average molecular weight is 219 g/mol. The van der Waals surface area contributed by atoms with Gasteiger partial charge in [0, 0.05) is 25.5 Å². The monoisotopic (exact) mass is 219 g/mol. The van der Waals surface area contributed by atoms with Gasteiger partial charge in [-0.2, -0.15) is 5.26 Å². The van der Waals surface area contributed by atoms with Crippen LogP contribution < -0.4 is 5.32 Å². The normalized spacial score (nSPS) is 12.1. The van der Waals surface area contributed by atoms with Gasteiger partial charge in [-0.15, -0.1) is 0 Å². The largest absolute Gasteiger partial charge is 0.353 e. The Kier molecular flexibility index (Phi) is 4.59. The molecule has 4 nitrogen and oxygen atoms in total. The zero-order valence-corrected chi connectivity index (χ0v) is 9.68. The van der Waals surface area contributed by atoms with E-state index in [1.165, 1.54) is 0 Å². The number of hydrogen-bond acceptors (Lipinski definition) is 2. The van der Waals surface area contributed by atoms with Crippen LogP contribution in [0.25, 0.3) is 0 Å². The molecule has 4 heteroatoms. The number of amides is 1. The molecule has 1 amide bonds. The molecule has 1 rings (SSSR count). The Labute approximate surface area is 95.9 Å². The van der Waals surface area contributed by atoms with Gasteiger partial charge in [0.25, 0.3) is 0 Å². The number of nitrogens with one attached hydrogen (secondary N) is 1. The van der Waals surface area contributed by atoms with Crippen molar-refractivity contribution in [2.45, 2.75) is 20.4 Å². The Morgan fingerprint density at radius 2 is 2.06 bits per heavy atom. The van der Waals surface area contributed by atoms with Crippen LogP contribution in [-0.4, -0.2) is 17.0 Å². The molecule has 0 spiro atoms. The van der Waals surface area contributed by atoms with Gasteiger partial charge in [0.15, 0.2) is 0 Å². The lowest BCUT2D eigenvalue weighted by Crippen LogP contribution is -2.34. The Morgan fingerprint density at radius 3 is 2.56 bits per heavy atom. The lowest BCUT2D eigenvalue weighted by molar-refractivity contribution is -0.124. The first kappa shape index (κ1) is 12.3. The summed E-state index contributed by atoms with van der Waals surface area (Å²) in [4.78, 5) is 11.6. The fourth-order valence-electron chi connectivity index (χ4n) is 1.45.